The SMILES string of the molecule is CO[C@H]1OC(CO)[C@@H](OC(=O)c2ccccc2)C(OC(=O)c2ccccc2)C1OC(=O)c1ccccc1. The first-order valence-corrected chi connectivity index (χ1v) is 11.6. The fourth-order valence-electron chi connectivity index (χ4n) is 3.91. The van der Waals surface area contributed by atoms with E-state index in [-0.39, 0.29) is 16.7 Å². The van der Waals surface area contributed by atoms with Crippen molar-refractivity contribution >= 4 is 17.9 Å². The molecule has 0 bridgehead atoms. The number of hydrogen-bond acceptors (Lipinski definition) is 9. The number of carbonyl (C=O) groups excluding carboxylic acids is 3. The Labute approximate surface area is 213 Å². The largest absolute Gasteiger partial charge is 0.452 e. The number of esters is 3. The van der Waals surface area contributed by atoms with E-state index in [1.165, 1.54) is 7.11 Å². The zero-order valence-corrected chi connectivity index (χ0v) is 20.0. The van der Waals surface area contributed by atoms with Crippen molar-refractivity contribution in [3.63, 3.8) is 0 Å². The van der Waals surface area contributed by atoms with Crippen molar-refractivity contribution in [2.75, 3.05) is 13.7 Å². The third-order valence-corrected chi connectivity index (χ3v) is 5.76. The number of hydrogen-bond donors (Lipinski definition) is 1. The van der Waals surface area contributed by atoms with Crippen molar-refractivity contribution in [2.24, 2.45) is 0 Å². The van der Waals surface area contributed by atoms with Crippen LogP contribution in [0.25, 0.3) is 0 Å². The number of aliphatic hydroxyl groups is 1. The van der Waals surface area contributed by atoms with Gasteiger partial charge in [-0.25, -0.2) is 14.4 Å². The Morgan fingerprint density at radius 1 is 0.649 bits per heavy atom. The molecule has 1 heterocycles. The van der Waals surface area contributed by atoms with Gasteiger partial charge >= 0.3 is 17.9 Å². The van der Waals surface area contributed by atoms with E-state index in [9.17, 15) is 19.5 Å². The summed E-state index contributed by atoms with van der Waals surface area (Å²) >= 11 is 0. The molecule has 3 unspecified atom stereocenters. The molecule has 0 aliphatic carbocycles. The van der Waals surface area contributed by atoms with Crippen molar-refractivity contribution in [3.05, 3.63) is 108 Å². The van der Waals surface area contributed by atoms with E-state index >= 15 is 0 Å². The summed E-state index contributed by atoms with van der Waals surface area (Å²) in [5, 5.41) is 10.1. The van der Waals surface area contributed by atoms with Crippen LogP contribution in [0.2, 0.25) is 0 Å². The minimum atomic E-state index is -1.37. The van der Waals surface area contributed by atoms with Gasteiger partial charge in [0.1, 0.15) is 6.10 Å². The van der Waals surface area contributed by atoms with Crippen LogP contribution >= 0.6 is 0 Å². The first-order valence-electron chi connectivity index (χ1n) is 11.6. The fourth-order valence-corrected chi connectivity index (χ4v) is 3.91. The molecule has 0 aromatic heterocycles. The van der Waals surface area contributed by atoms with Crippen LogP contribution in [0.15, 0.2) is 91.0 Å². The summed E-state index contributed by atoms with van der Waals surface area (Å²) in [4.78, 5) is 38.9. The third kappa shape index (κ3) is 6.21. The smallest absolute Gasteiger partial charge is 0.338 e. The Bertz CT molecular complexity index is 1120. The highest BCUT2D eigenvalue weighted by molar-refractivity contribution is 5.91. The molecule has 9 heteroatoms. The summed E-state index contributed by atoms with van der Waals surface area (Å²) in [6, 6.07) is 24.5. The molecule has 3 aromatic carbocycles. The Kier molecular flexibility index (Phi) is 8.63. The summed E-state index contributed by atoms with van der Waals surface area (Å²) in [5.41, 5.74) is 0.705. The van der Waals surface area contributed by atoms with E-state index in [1.807, 2.05) is 0 Å². The molecule has 0 amide bonds. The number of carbonyl (C=O) groups is 3. The molecule has 1 fully saturated rings. The highest BCUT2D eigenvalue weighted by atomic mass is 16.7. The molecule has 0 spiro atoms. The van der Waals surface area contributed by atoms with Crippen LogP contribution in [0.4, 0.5) is 0 Å². The quantitative estimate of drug-likeness (QED) is 0.363. The lowest BCUT2D eigenvalue weighted by Gasteiger charge is -2.43. The van der Waals surface area contributed by atoms with Crippen LogP contribution in [0.1, 0.15) is 31.1 Å². The molecule has 1 N–H and O–H groups in total. The summed E-state index contributed by atoms with van der Waals surface area (Å²) in [7, 11) is 1.31. The van der Waals surface area contributed by atoms with Crippen molar-refractivity contribution in [1.82, 2.24) is 0 Å². The van der Waals surface area contributed by atoms with Crippen LogP contribution in [-0.2, 0) is 23.7 Å². The average Bonchev–Trinajstić information content (AvgIpc) is 2.95. The highest BCUT2D eigenvalue weighted by Crippen LogP contribution is 2.30. The standard InChI is InChI=1S/C28H26O9/c1-33-28-24(37-27(32)20-15-9-4-10-16-20)23(36-26(31)19-13-7-3-8-14-19)22(21(17-29)34-28)35-25(30)18-11-5-2-6-12-18/h2-16,21-24,28-29H,17H2,1H3/t21?,22-,23?,24?,28+/m1/s1. The topological polar surface area (TPSA) is 118 Å². The number of ether oxygens (including phenoxy) is 5. The van der Waals surface area contributed by atoms with Gasteiger partial charge in [0.2, 0.25) is 0 Å². The van der Waals surface area contributed by atoms with E-state index in [1.54, 1.807) is 91.0 Å². The molecule has 5 atom stereocenters. The Morgan fingerprint density at radius 3 is 1.41 bits per heavy atom. The van der Waals surface area contributed by atoms with Crippen LogP contribution in [0, 0.1) is 0 Å². The maximum absolute atomic E-state index is 13.1. The van der Waals surface area contributed by atoms with Crippen molar-refractivity contribution in [2.45, 2.75) is 30.7 Å². The first-order chi connectivity index (χ1) is 18.0. The molecule has 0 radical (unpaired) electrons. The molecule has 192 valence electrons. The van der Waals surface area contributed by atoms with E-state index in [4.69, 9.17) is 23.7 Å². The number of benzene rings is 3. The molecule has 0 saturated carbocycles. The summed E-state index contributed by atoms with van der Waals surface area (Å²) in [6.07, 6.45) is -6.40. The zero-order valence-electron chi connectivity index (χ0n) is 20.0. The lowest BCUT2D eigenvalue weighted by atomic mass is 9.97. The van der Waals surface area contributed by atoms with Gasteiger partial charge in [0.05, 0.1) is 23.3 Å². The van der Waals surface area contributed by atoms with E-state index in [0.29, 0.717) is 0 Å². The lowest BCUT2D eigenvalue weighted by molar-refractivity contribution is -0.292. The van der Waals surface area contributed by atoms with Crippen LogP contribution < -0.4 is 0 Å². The Balaban J connectivity index is 1.69. The van der Waals surface area contributed by atoms with Gasteiger partial charge in [-0.1, -0.05) is 54.6 Å². The molecular weight excluding hydrogens is 480 g/mol. The van der Waals surface area contributed by atoms with Gasteiger partial charge in [-0.3, -0.25) is 0 Å². The van der Waals surface area contributed by atoms with Gasteiger partial charge in [0.15, 0.2) is 24.6 Å². The molecule has 3 aromatic rings. The summed E-state index contributed by atoms with van der Waals surface area (Å²) in [5.74, 6) is -2.22. The second kappa shape index (κ2) is 12.3. The monoisotopic (exact) mass is 506 g/mol. The van der Waals surface area contributed by atoms with Crippen molar-refractivity contribution in [1.29, 1.82) is 0 Å². The van der Waals surface area contributed by atoms with Crippen LogP contribution in [0.5, 0.6) is 0 Å². The molecule has 37 heavy (non-hydrogen) atoms. The summed E-state index contributed by atoms with van der Waals surface area (Å²) < 4.78 is 28.3. The predicted octanol–water partition coefficient (Wildman–Crippen LogP) is 3.03. The van der Waals surface area contributed by atoms with Gasteiger partial charge < -0.3 is 28.8 Å². The Morgan fingerprint density at radius 2 is 1.03 bits per heavy atom. The Hall–Kier alpha value is -4.05. The van der Waals surface area contributed by atoms with E-state index < -0.39 is 55.2 Å². The third-order valence-electron chi connectivity index (χ3n) is 5.76. The minimum Gasteiger partial charge on any atom is -0.452 e. The molecule has 1 aliphatic heterocycles. The second-order valence-electron chi connectivity index (χ2n) is 8.17. The number of aliphatic hydroxyl groups excluding tert-OH is 1. The summed E-state index contributed by atoms with van der Waals surface area (Å²) in [6.45, 7) is -0.592. The highest BCUT2D eigenvalue weighted by Gasteiger charge is 2.52. The maximum Gasteiger partial charge on any atom is 0.338 e. The van der Waals surface area contributed by atoms with E-state index in [2.05, 4.69) is 0 Å². The molecule has 1 saturated heterocycles. The number of rotatable bonds is 8. The van der Waals surface area contributed by atoms with Crippen molar-refractivity contribution in [3.8, 4) is 0 Å². The van der Waals surface area contributed by atoms with Gasteiger partial charge in [-0.2, -0.15) is 0 Å². The second-order valence-corrected chi connectivity index (χ2v) is 8.17. The van der Waals surface area contributed by atoms with E-state index in [0.717, 1.165) is 0 Å². The van der Waals surface area contributed by atoms with Crippen molar-refractivity contribution < 1.29 is 43.2 Å². The minimum absolute atomic E-state index is 0.227. The maximum atomic E-state index is 13.1. The first kappa shape index (κ1) is 26.0. The molecular formula is C28H26O9. The molecule has 4 rings (SSSR count). The van der Waals surface area contributed by atoms with Crippen LogP contribution in [0.3, 0.4) is 0 Å². The fraction of sp³-hybridized carbons (Fsp3) is 0.250. The van der Waals surface area contributed by atoms with Gasteiger partial charge in [0, 0.05) is 7.11 Å². The molecule has 1 aliphatic rings. The molecule has 9 nitrogen and oxygen atoms in total. The number of methoxy groups -OCH3 is 1. The van der Waals surface area contributed by atoms with Gasteiger partial charge in [-0.05, 0) is 36.4 Å². The van der Waals surface area contributed by atoms with Gasteiger partial charge in [0.25, 0.3) is 0 Å². The van der Waals surface area contributed by atoms with Gasteiger partial charge in [-0.15, -0.1) is 0 Å². The van der Waals surface area contributed by atoms with Crippen LogP contribution in [-0.4, -0.2) is 67.4 Å². The average molecular weight is 507 g/mol. The zero-order chi connectivity index (χ0) is 26.2. The lowest BCUT2D eigenvalue weighted by Crippen LogP contribution is -2.62. The predicted molar refractivity (Wildman–Crippen MR) is 130 cm³/mol. The normalized spacial score (nSPS) is 23.0.